The molecule has 0 unspecified atom stereocenters. The number of nitrogens with one attached hydrogen (secondary N) is 1. The molecule has 2 rings (SSSR count). The fourth-order valence-electron chi connectivity index (χ4n) is 1.97. The predicted molar refractivity (Wildman–Crippen MR) is 85.0 cm³/mol. The first-order valence-electron chi connectivity index (χ1n) is 6.68. The number of rotatable bonds is 6. The van der Waals surface area contributed by atoms with Crippen LogP contribution in [-0.4, -0.2) is 11.7 Å². The summed E-state index contributed by atoms with van der Waals surface area (Å²) < 4.78 is 19.9. The van der Waals surface area contributed by atoms with Crippen LogP contribution in [0, 0.1) is 5.82 Å². The van der Waals surface area contributed by atoms with E-state index < -0.39 is 0 Å². The summed E-state index contributed by atoms with van der Waals surface area (Å²) >= 11 is 3.23. The largest absolute Gasteiger partial charge is 0.494 e. The SMILES string of the molecule is CCOc1ccc(NCc2ccc(Br)cc2F)cc1CO. The zero-order chi connectivity index (χ0) is 15.2. The summed E-state index contributed by atoms with van der Waals surface area (Å²) in [5, 5.41) is 12.5. The molecule has 0 aliphatic rings. The normalized spacial score (nSPS) is 10.5. The van der Waals surface area contributed by atoms with Gasteiger partial charge in [0.25, 0.3) is 0 Å². The number of aliphatic hydroxyl groups is 1. The molecule has 3 nitrogen and oxygen atoms in total. The Labute approximate surface area is 131 Å². The number of aliphatic hydroxyl groups excluding tert-OH is 1. The van der Waals surface area contributed by atoms with Crippen molar-refractivity contribution in [3.63, 3.8) is 0 Å². The van der Waals surface area contributed by atoms with Gasteiger partial charge >= 0.3 is 0 Å². The predicted octanol–water partition coefficient (Wildman–Crippen LogP) is 4.09. The zero-order valence-electron chi connectivity index (χ0n) is 11.7. The molecule has 0 bridgehead atoms. The lowest BCUT2D eigenvalue weighted by Gasteiger charge is -2.12. The average molecular weight is 354 g/mol. The second kappa shape index (κ2) is 7.43. The number of hydrogen-bond acceptors (Lipinski definition) is 3. The summed E-state index contributed by atoms with van der Waals surface area (Å²) in [4.78, 5) is 0. The summed E-state index contributed by atoms with van der Waals surface area (Å²) in [6.07, 6.45) is 0. The van der Waals surface area contributed by atoms with Gasteiger partial charge in [0, 0.05) is 27.8 Å². The molecule has 0 saturated heterocycles. The molecule has 0 spiro atoms. The van der Waals surface area contributed by atoms with E-state index in [9.17, 15) is 9.50 Å². The summed E-state index contributed by atoms with van der Waals surface area (Å²) in [5.74, 6) is 0.408. The van der Waals surface area contributed by atoms with E-state index in [2.05, 4.69) is 21.2 Å². The Kier molecular flexibility index (Phi) is 5.59. The van der Waals surface area contributed by atoms with Gasteiger partial charge in [-0.15, -0.1) is 0 Å². The molecular weight excluding hydrogens is 337 g/mol. The van der Waals surface area contributed by atoms with Crippen LogP contribution < -0.4 is 10.1 Å². The van der Waals surface area contributed by atoms with Crippen molar-refractivity contribution >= 4 is 21.6 Å². The van der Waals surface area contributed by atoms with Gasteiger partial charge in [0.05, 0.1) is 13.2 Å². The van der Waals surface area contributed by atoms with Crippen molar-refractivity contribution in [1.82, 2.24) is 0 Å². The maximum atomic E-state index is 13.7. The van der Waals surface area contributed by atoms with Crippen LogP contribution in [-0.2, 0) is 13.2 Å². The van der Waals surface area contributed by atoms with Crippen LogP contribution in [0.25, 0.3) is 0 Å². The highest BCUT2D eigenvalue weighted by atomic mass is 79.9. The van der Waals surface area contributed by atoms with Crippen LogP contribution in [0.2, 0.25) is 0 Å². The van der Waals surface area contributed by atoms with Crippen molar-refractivity contribution in [3.8, 4) is 5.75 Å². The minimum atomic E-state index is -0.259. The smallest absolute Gasteiger partial charge is 0.129 e. The highest BCUT2D eigenvalue weighted by molar-refractivity contribution is 9.10. The van der Waals surface area contributed by atoms with Crippen LogP contribution in [0.5, 0.6) is 5.75 Å². The van der Waals surface area contributed by atoms with Gasteiger partial charge in [0.1, 0.15) is 11.6 Å². The number of hydrogen-bond donors (Lipinski definition) is 2. The third-order valence-corrected chi connectivity index (χ3v) is 3.52. The average Bonchev–Trinajstić information content (AvgIpc) is 2.47. The Bertz CT molecular complexity index is 619. The molecule has 2 N–H and O–H groups in total. The van der Waals surface area contributed by atoms with Gasteiger partial charge in [-0.25, -0.2) is 4.39 Å². The molecule has 0 radical (unpaired) electrons. The fraction of sp³-hybridized carbons (Fsp3) is 0.250. The van der Waals surface area contributed by atoms with Crippen LogP contribution in [0.3, 0.4) is 0 Å². The lowest BCUT2D eigenvalue weighted by molar-refractivity contribution is 0.267. The van der Waals surface area contributed by atoms with E-state index in [0.29, 0.717) is 34.5 Å². The topological polar surface area (TPSA) is 41.5 Å². The third kappa shape index (κ3) is 4.19. The van der Waals surface area contributed by atoms with Crippen molar-refractivity contribution in [1.29, 1.82) is 0 Å². The molecule has 5 heteroatoms. The standard InChI is InChI=1S/C16H17BrFNO2/c1-2-21-16-6-5-14(7-12(16)10-20)19-9-11-3-4-13(17)8-15(11)18/h3-8,19-20H,2,9-10H2,1H3. The van der Waals surface area contributed by atoms with Gasteiger partial charge in [-0.05, 0) is 37.3 Å². The first kappa shape index (κ1) is 15.8. The van der Waals surface area contributed by atoms with E-state index in [-0.39, 0.29) is 12.4 Å². The van der Waals surface area contributed by atoms with E-state index in [4.69, 9.17) is 4.74 Å². The van der Waals surface area contributed by atoms with Crippen molar-refractivity contribution in [2.45, 2.75) is 20.1 Å². The van der Waals surface area contributed by atoms with Crippen LogP contribution in [0.4, 0.5) is 10.1 Å². The Morgan fingerprint density at radius 1 is 1.19 bits per heavy atom. The Morgan fingerprint density at radius 2 is 2.00 bits per heavy atom. The Morgan fingerprint density at radius 3 is 2.67 bits per heavy atom. The van der Waals surface area contributed by atoms with Gasteiger partial charge in [0.15, 0.2) is 0 Å². The summed E-state index contributed by atoms with van der Waals surface area (Å²) in [5.41, 5.74) is 2.10. The molecular formula is C16H17BrFNO2. The van der Waals surface area contributed by atoms with Gasteiger partial charge in [-0.2, -0.15) is 0 Å². The molecule has 0 atom stereocenters. The summed E-state index contributed by atoms with van der Waals surface area (Å²) in [6, 6.07) is 10.4. The number of anilines is 1. The third-order valence-electron chi connectivity index (χ3n) is 3.03. The monoisotopic (exact) mass is 353 g/mol. The highest BCUT2D eigenvalue weighted by Crippen LogP contribution is 2.24. The molecule has 2 aromatic rings. The molecule has 2 aromatic carbocycles. The molecule has 0 aliphatic carbocycles. The van der Waals surface area contributed by atoms with Crippen molar-refractivity contribution in [2.24, 2.45) is 0 Å². The number of halogens is 2. The van der Waals surface area contributed by atoms with E-state index >= 15 is 0 Å². The van der Waals surface area contributed by atoms with E-state index in [0.717, 1.165) is 5.69 Å². The highest BCUT2D eigenvalue weighted by Gasteiger charge is 2.06. The Hall–Kier alpha value is -1.59. The first-order valence-corrected chi connectivity index (χ1v) is 7.47. The van der Waals surface area contributed by atoms with Gasteiger partial charge in [-0.3, -0.25) is 0 Å². The molecule has 21 heavy (non-hydrogen) atoms. The lowest BCUT2D eigenvalue weighted by atomic mass is 10.1. The van der Waals surface area contributed by atoms with Crippen LogP contribution >= 0.6 is 15.9 Å². The molecule has 0 amide bonds. The second-order valence-electron chi connectivity index (χ2n) is 4.50. The zero-order valence-corrected chi connectivity index (χ0v) is 13.3. The maximum Gasteiger partial charge on any atom is 0.129 e. The molecule has 0 saturated carbocycles. The molecule has 0 aromatic heterocycles. The lowest BCUT2D eigenvalue weighted by Crippen LogP contribution is -2.03. The summed E-state index contributed by atoms with van der Waals surface area (Å²) in [7, 11) is 0. The van der Waals surface area contributed by atoms with Crippen molar-refractivity contribution in [2.75, 3.05) is 11.9 Å². The van der Waals surface area contributed by atoms with Gasteiger partial charge in [0.2, 0.25) is 0 Å². The van der Waals surface area contributed by atoms with E-state index in [1.807, 2.05) is 19.1 Å². The van der Waals surface area contributed by atoms with Crippen molar-refractivity contribution < 1.29 is 14.2 Å². The fourth-order valence-corrected chi connectivity index (χ4v) is 2.30. The van der Waals surface area contributed by atoms with Crippen LogP contribution in [0.1, 0.15) is 18.1 Å². The minimum absolute atomic E-state index is 0.0997. The molecule has 0 fully saturated rings. The first-order chi connectivity index (χ1) is 10.1. The summed E-state index contributed by atoms with van der Waals surface area (Å²) in [6.45, 7) is 2.71. The Balaban J connectivity index is 2.09. The second-order valence-corrected chi connectivity index (χ2v) is 5.42. The van der Waals surface area contributed by atoms with Gasteiger partial charge in [-0.1, -0.05) is 22.0 Å². The number of ether oxygens (including phenoxy) is 1. The van der Waals surface area contributed by atoms with E-state index in [1.165, 1.54) is 6.07 Å². The van der Waals surface area contributed by atoms with Gasteiger partial charge < -0.3 is 15.2 Å². The number of benzene rings is 2. The van der Waals surface area contributed by atoms with Crippen molar-refractivity contribution in [3.05, 3.63) is 57.8 Å². The maximum absolute atomic E-state index is 13.7. The van der Waals surface area contributed by atoms with E-state index in [1.54, 1.807) is 18.2 Å². The molecule has 0 heterocycles. The molecule has 0 aliphatic heterocycles. The quantitative estimate of drug-likeness (QED) is 0.821. The van der Waals surface area contributed by atoms with Crippen LogP contribution in [0.15, 0.2) is 40.9 Å². The molecule has 112 valence electrons. The minimum Gasteiger partial charge on any atom is -0.494 e.